The van der Waals surface area contributed by atoms with E-state index in [-0.39, 0.29) is 0 Å². The fourth-order valence-electron chi connectivity index (χ4n) is 18.7. The first kappa shape index (κ1) is 42.5. The fraction of sp³-hybridized carbons (Fsp3) is 0.927. The summed E-state index contributed by atoms with van der Waals surface area (Å²) in [6, 6.07) is 4.21. The molecule has 4 aliphatic heterocycles. The molecule has 0 bridgehead atoms. The predicted octanol–water partition coefficient (Wildman–Crippen LogP) is 10.5. The number of likely N-dealkylation sites (tertiary alicyclic amines) is 1. The summed E-state index contributed by atoms with van der Waals surface area (Å²) < 4.78 is 14.1. The van der Waals surface area contributed by atoms with Crippen LogP contribution in [-0.4, -0.2) is 89.0 Å². The molecule has 3 N–H and O–H groups in total. The Labute approximate surface area is 377 Å². The lowest BCUT2D eigenvalue weighted by atomic mass is 9.68. The van der Waals surface area contributed by atoms with E-state index in [1.54, 1.807) is 0 Å². The third-order valence-corrected chi connectivity index (χ3v) is 21.2. The van der Waals surface area contributed by atoms with Crippen molar-refractivity contribution in [3.63, 3.8) is 0 Å². The van der Waals surface area contributed by atoms with E-state index in [4.69, 9.17) is 9.47 Å². The van der Waals surface area contributed by atoms with E-state index in [1.165, 1.54) is 167 Å². The zero-order valence-corrected chi connectivity index (χ0v) is 39.3. The molecule has 0 amide bonds. The summed E-state index contributed by atoms with van der Waals surface area (Å²) >= 11 is 0. The summed E-state index contributed by atoms with van der Waals surface area (Å²) in [5, 5.41) is 13.5. The van der Waals surface area contributed by atoms with Crippen LogP contribution in [0.25, 0.3) is 0 Å². The Morgan fingerprint density at radius 3 is 1.95 bits per heavy atom. The van der Waals surface area contributed by atoms with Gasteiger partial charge in [-0.2, -0.15) is 0 Å². The zero-order valence-electron chi connectivity index (χ0n) is 39.3. The van der Waals surface area contributed by atoms with Crippen molar-refractivity contribution in [3.8, 4) is 0 Å². The maximum Gasteiger partial charge on any atom is 0.0735 e. The van der Waals surface area contributed by atoms with Crippen LogP contribution in [0.4, 0.5) is 0 Å². The number of morpholine rings is 1. The van der Waals surface area contributed by atoms with Crippen molar-refractivity contribution in [1.82, 2.24) is 25.8 Å². The van der Waals surface area contributed by atoms with Crippen LogP contribution in [0.1, 0.15) is 187 Å². The highest BCUT2D eigenvalue weighted by molar-refractivity contribution is 5.13. The average Bonchev–Trinajstić information content (AvgIpc) is 3.87. The van der Waals surface area contributed by atoms with Crippen molar-refractivity contribution in [1.29, 1.82) is 0 Å². The molecule has 6 saturated carbocycles. The summed E-state index contributed by atoms with van der Waals surface area (Å²) in [7, 11) is 0. The Kier molecular flexibility index (Phi) is 12.6. The van der Waals surface area contributed by atoms with Gasteiger partial charge in [-0.05, 0) is 169 Å². The van der Waals surface area contributed by atoms with Gasteiger partial charge in [0.15, 0.2) is 0 Å². The maximum absolute atomic E-state index is 7.28. The predicted molar refractivity (Wildman–Crippen MR) is 250 cm³/mol. The molecule has 22 atom stereocenters. The number of ether oxygens (including phenoxy) is 2. The number of hydrogen-bond acceptors (Lipinski definition) is 7. The third kappa shape index (κ3) is 7.72. The molecular weight excluding hydrogens is 763 g/mol. The van der Waals surface area contributed by atoms with Crippen LogP contribution in [0.2, 0.25) is 0 Å². The molecule has 0 spiro atoms. The molecular formula is C55H89N5O2. The molecule has 0 aromatic heterocycles. The van der Waals surface area contributed by atoms with Crippen molar-refractivity contribution in [2.75, 3.05) is 0 Å². The SMILES string of the molecule is CCCC1CCCC2C3CCCCC3N(C3CC(N4C5CCCCC5OC5CCCCC54)C(C4NC(C5CC=CCC5)NC(C5CCC6OC7CC=CCC7C6C5)N4)CC3C)C12. The second-order valence-corrected chi connectivity index (χ2v) is 24.2. The molecule has 7 nitrogen and oxygen atoms in total. The van der Waals surface area contributed by atoms with Gasteiger partial charge < -0.3 is 9.47 Å². The Morgan fingerprint density at radius 1 is 0.468 bits per heavy atom. The molecule has 10 fully saturated rings. The summed E-state index contributed by atoms with van der Waals surface area (Å²) in [6.45, 7) is 5.25. The lowest BCUT2D eigenvalue weighted by Gasteiger charge is -2.61. The molecule has 12 aliphatic rings. The van der Waals surface area contributed by atoms with Crippen molar-refractivity contribution in [3.05, 3.63) is 24.3 Å². The number of hydrogen-bond donors (Lipinski definition) is 3. The van der Waals surface area contributed by atoms with Gasteiger partial charge in [0.2, 0.25) is 0 Å². The number of nitrogens with one attached hydrogen (secondary N) is 3. The van der Waals surface area contributed by atoms with Crippen LogP contribution in [0.15, 0.2) is 24.3 Å². The second-order valence-electron chi connectivity index (χ2n) is 24.2. The minimum atomic E-state index is 0.344. The van der Waals surface area contributed by atoms with Gasteiger partial charge in [-0.1, -0.05) is 89.5 Å². The Balaban J connectivity index is 0.901. The Morgan fingerprint density at radius 2 is 1.16 bits per heavy atom. The monoisotopic (exact) mass is 852 g/mol. The average molecular weight is 852 g/mol. The minimum absolute atomic E-state index is 0.344. The largest absolute Gasteiger partial charge is 0.374 e. The Bertz CT molecular complexity index is 1560. The number of rotatable bonds is 7. The molecule has 0 aromatic carbocycles. The normalized spacial score (nSPS) is 53.2. The quantitative estimate of drug-likeness (QED) is 0.221. The van der Waals surface area contributed by atoms with E-state index in [0.29, 0.717) is 84.8 Å². The van der Waals surface area contributed by atoms with Gasteiger partial charge in [0, 0.05) is 42.2 Å². The lowest BCUT2D eigenvalue weighted by molar-refractivity contribution is -0.202. The van der Waals surface area contributed by atoms with Gasteiger partial charge in [0.05, 0.1) is 42.9 Å². The maximum atomic E-state index is 7.28. The van der Waals surface area contributed by atoms with Gasteiger partial charge in [0.25, 0.3) is 0 Å². The van der Waals surface area contributed by atoms with Crippen LogP contribution < -0.4 is 16.0 Å². The molecule has 0 radical (unpaired) electrons. The first-order valence-electron chi connectivity index (χ1n) is 28.0. The van der Waals surface area contributed by atoms with Crippen LogP contribution in [0.3, 0.4) is 0 Å². The third-order valence-electron chi connectivity index (χ3n) is 21.2. The first-order chi connectivity index (χ1) is 30.6. The van der Waals surface area contributed by atoms with Crippen LogP contribution in [0, 0.1) is 53.3 Å². The molecule has 8 aliphatic carbocycles. The zero-order chi connectivity index (χ0) is 41.3. The molecule has 0 aromatic rings. The summed E-state index contributed by atoms with van der Waals surface area (Å²) in [6.07, 6.45) is 49.6. The van der Waals surface area contributed by atoms with Crippen molar-refractivity contribution in [2.24, 2.45) is 53.3 Å². The summed E-state index contributed by atoms with van der Waals surface area (Å²) in [5.74, 6) is 6.96. The van der Waals surface area contributed by atoms with Crippen molar-refractivity contribution >= 4 is 0 Å². The van der Waals surface area contributed by atoms with Crippen LogP contribution >= 0.6 is 0 Å². The fourth-order valence-corrected chi connectivity index (χ4v) is 18.7. The van der Waals surface area contributed by atoms with E-state index in [2.05, 4.69) is 63.9 Å². The van der Waals surface area contributed by atoms with Crippen molar-refractivity contribution in [2.45, 2.75) is 266 Å². The van der Waals surface area contributed by atoms with Gasteiger partial charge in [-0.15, -0.1) is 0 Å². The van der Waals surface area contributed by atoms with E-state index < -0.39 is 0 Å². The van der Waals surface area contributed by atoms with E-state index in [0.717, 1.165) is 54.0 Å². The number of fused-ring (bicyclic) bond motifs is 8. The molecule has 62 heavy (non-hydrogen) atoms. The minimum Gasteiger partial charge on any atom is -0.374 e. The summed E-state index contributed by atoms with van der Waals surface area (Å²) in [4.78, 5) is 6.73. The standard InChI is InChI=1S/C55H89N5O2/c1-3-16-35-19-15-22-40-38-20-7-9-23-43(38)60(52(35)40)46-33-47(59-44-24-10-13-27-50(44)62-51-28-14-11-25-45(51)59)42(31-34(46)2)55-57-53(36-17-5-4-6-18-36)56-54(58-55)37-29-30-49-41(32-37)39-21-8-12-26-48(39)61-49/h4-5,8,12,34-58H,3,6-7,9-11,13-33H2,1-2H3. The topological polar surface area (TPSA) is 61.0 Å². The highest BCUT2D eigenvalue weighted by atomic mass is 16.5. The van der Waals surface area contributed by atoms with Crippen molar-refractivity contribution < 1.29 is 9.47 Å². The van der Waals surface area contributed by atoms with E-state index >= 15 is 0 Å². The van der Waals surface area contributed by atoms with E-state index in [1.807, 2.05) is 0 Å². The molecule has 4 saturated heterocycles. The number of nitrogens with zero attached hydrogens (tertiary/aromatic N) is 2. The van der Waals surface area contributed by atoms with E-state index in [9.17, 15) is 0 Å². The van der Waals surface area contributed by atoms with Gasteiger partial charge in [-0.25, -0.2) is 0 Å². The molecule has 22 unspecified atom stereocenters. The second kappa shape index (κ2) is 18.4. The molecule has 4 heterocycles. The van der Waals surface area contributed by atoms with Gasteiger partial charge >= 0.3 is 0 Å². The Hall–Kier alpha value is -0.800. The van der Waals surface area contributed by atoms with Crippen LogP contribution in [0.5, 0.6) is 0 Å². The lowest BCUT2D eigenvalue weighted by Crippen LogP contribution is -2.76. The van der Waals surface area contributed by atoms with Gasteiger partial charge in [-0.3, -0.25) is 25.8 Å². The highest BCUT2D eigenvalue weighted by Gasteiger charge is 2.59. The molecule has 12 rings (SSSR count). The number of allylic oxidation sites excluding steroid dienone is 3. The molecule has 7 heteroatoms. The van der Waals surface area contributed by atoms with Crippen LogP contribution in [-0.2, 0) is 9.47 Å². The van der Waals surface area contributed by atoms with Gasteiger partial charge in [0.1, 0.15) is 0 Å². The first-order valence-corrected chi connectivity index (χ1v) is 28.0. The molecule has 346 valence electrons. The summed E-state index contributed by atoms with van der Waals surface area (Å²) in [5.41, 5.74) is 0. The smallest absolute Gasteiger partial charge is 0.0735 e. The highest BCUT2D eigenvalue weighted by Crippen LogP contribution is 2.56.